The number of rotatable bonds is 2. The van der Waals surface area contributed by atoms with Gasteiger partial charge in [-0.15, -0.1) is 0 Å². The summed E-state index contributed by atoms with van der Waals surface area (Å²) in [5.41, 5.74) is 1.80. The summed E-state index contributed by atoms with van der Waals surface area (Å²) in [4.78, 5) is 8.44. The minimum absolute atomic E-state index is 0.228. The third kappa shape index (κ3) is 2.17. The van der Waals surface area contributed by atoms with E-state index in [1.165, 1.54) is 12.8 Å². The first-order valence-electron chi connectivity index (χ1n) is 5.53. The van der Waals surface area contributed by atoms with Crippen molar-refractivity contribution < 1.29 is 0 Å². The second-order valence-electron chi connectivity index (χ2n) is 4.40. The number of hydrogen-bond donors (Lipinski definition) is 1. The average molecular weight is 268 g/mol. The second-order valence-corrected chi connectivity index (χ2v) is 5.15. The van der Waals surface area contributed by atoms with Crippen molar-refractivity contribution in [3.63, 3.8) is 0 Å². The number of anilines is 1. The van der Waals surface area contributed by atoms with Gasteiger partial charge in [0.2, 0.25) is 5.28 Å². The predicted octanol–water partition coefficient (Wildman–Crippen LogP) is 3.82. The zero-order valence-corrected chi connectivity index (χ0v) is 10.8. The highest BCUT2D eigenvalue weighted by Gasteiger charge is 2.23. The maximum Gasteiger partial charge on any atom is 0.224 e. The molecule has 0 unspecified atom stereocenters. The lowest BCUT2D eigenvalue weighted by Gasteiger charge is -2.09. The van der Waals surface area contributed by atoms with Crippen LogP contribution in [-0.2, 0) is 0 Å². The van der Waals surface area contributed by atoms with Gasteiger partial charge >= 0.3 is 0 Å². The van der Waals surface area contributed by atoms with Gasteiger partial charge in [-0.1, -0.05) is 11.6 Å². The molecule has 0 aliphatic heterocycles. The Morgan fingerprint density at radius 1 is 1.24 bits per heavy atom. The summed E-state index contributed by atoms with van der Waals surface area (Å²) >= 11 is 12.1. The summed E-state index contributed by atoms with van der Waals surface area (Å²) in [6, 6.07) is 4.43. The zero-order chi connectivity index (χ0) is 12.0. The summed E-state index contributed by atoms with van der Waals surface area (Å²) in [6.07, 6.45) is 2.37. The first-order chi connectivity index (χ1) is 8.13. The van der Waals surface area contributed by atoms with Crippen LogP contribution in [0.3, 0.4) is 0 Å². The van der Waals surface area contributed by atoms with Crippen LogP contribution in [0.5, 0.6) is 0 Å². The number of hydrogen-bond acceptors (Lipinski definition) is 3. The molecule has 1 N–H and O–H groups in total. The third-order valence-corrected chi connectivity index (χ3v) is 3.25. The fourth-order valence-electron chi connectivity index (χ4n) is 1.83. The normalized spacial score (nSPS) is 15.2. The maximum atomic E-state index is 6.18. The molecule has 3 rings (SSSR count). The Hall–Kier alpha value is -1.06. The van der Waals surface area contributed by atoms with Crippen LogP contribution in [0.4, 0.5) is 5.82 Å². The van der Waals surface area contributed by atoms with Crippen molar-refractivity contribution in [1.29, 1.82) is 0 Å². The lowest BCUT2D eigenvalue weighted by Crippen LogP contribution is -2.05. The molecule has 1 aliphatic rings. The van der Waals surface area contributed by atoms with E-state index in [1.54, 1.807) is 0 Å². The van der Waals surface area contributed by atoms with Crippen molar-refractivity contribution in [3.8, 4) is 0 Å². The molecule has 1 aromatic heterocycles. The van der Waals surface area contributed by atoms with Gasteiger partial charge in [0.1, 0.15) is 5.82 Å². The number of halogens is 2. The Morgan fingerprint density at radius 2 is 2.00 bits per heavy atom. The number of nitrogens with one attached hydrogen (secondary N) is 1. The van der Waals surface area contributed by atoms with Gasteiger partial charge in [-0.3, -0.25) is 0 Å². The zero-order valence-electron chi connectivity index (χ0n) is 9.30. The van der Waals surface area contributed by atoms with E-state index >= 15 is 0 Å². The largest absolute Gasteiger partial charge is 0.367 e. The first kappa shape index (κ1) is 11.1. The Kier molecular flexibility index (Phi) is 2.60. The summed E-state index contributed by atoms with van der Waals surface area (Å²) in [5, 5.41) is 5.14. The standard InChI is InChI=1S/C12H11Cl2N3/c1-6-4-8-10(9(13)5-6)16-12(14)17-11(8)15-7-2-3-7/h4-5,7H,2-3H2,1H3,(H,15,16,17). The van der Waals surface area contributed by atoms with Gasteiger partial charge < -0.3 is 5.32 Å². The van der Waals surface area contributed by atoms with E-state index in [2.05, 4.69) is 15.3 Å². The molecule has 1 aromatic carbocycles. The van der Waals surface area contributed by atoms with Gasteiger partial charge in [0.05, 0.1) is 10.5 Å². The minimum Gasteiger partial charge on any atom is -0.367 e. The average Bonchev–Trinajstić information content (AvgIpc) is 3.04. The van der Waals surface area contributed by atoms with Crippen molar-refractivity contribution in [2.45, 2.75) is 25.8 Å². The fraction of sp³-hybridized carbons (Fsp3) is 0.333. The van der Waals surface area contributed by atoms with E-state index in [0.717, 1.165) is 16.8 Å². The summed E-state index contributed by atoms with van der Waals surface area (Å²) < 4.78 is 0. The van der Waals surface area contributed by atoms with Gasteiger partial charge in [-0.2, -0.15) is 0 Å². The van der Waals surface area contributed by atoms with E-state index in [-0.39, 0.29) is 5.28 Å². The van der Waals surface area contributed by atoms with Crippen LogP contribution in [0.2, 0.25) is 10.3 Å². The fourth-order valence-corrected chi connectivity index (χ4v) is 2.31. The molecule has 0 bridgehead atoms. The maximum absolute atomic E-state index is 6.18. The predicted molar refractivity (Wildman–Crippen MR) is 70.9 cm³/mol. The lowest BCUT2D eigenvalue weighted by atomic mass is 10.1. The quantitative estimate of drug-likeness (QED) is 0.841. The first-order valence-corrected chi connectivity index (χ1v) is 6.29. The van der Waals surface area contributed by atoms with Crippen LogP contribution in [0.15, 0.2) is 12.1 Å². The highest BCUT2D eigenvalue weighted by Crippen LogP contribution is 2.32. The molecule has 1 heterocycles. The van der Waals surface area contributed by atoms with Crippen LogP contribution in [0.1, 0.15) is 18.4 Å². The molecule has 0 saturated heterocycles. The van der Waals surface area contributed by atoms with E-state index in [1.807, 2.05) is 19.1 Å². The number of fused-ring (bicyclic) bond motifs is 1. The van der Waals surface area contributed by atoms with E-state index in [0.29, 0.717) is 16.6 Å². The smallest absolute Gasteiger partial charge is 0.224 e. The molecule has 88 valence electrons. The monoisotopic (exact) mass is 267 g/mol. The topological polar surface area (TPSA) is 37.8 Å². The molecule has 1 aliphatic carbocycles. The molecule has 3 nitrogen and oxygen atoms in total. The van der Waals surface area contributed by atoms with E-state index < -0.39 is 0 Å². The van der Waals surface area contributed by atoms with Crippen molar-refractivity contribution in [3.05, 3.63) is 28.0 Å². The molecule has 0 spiro atoms. The molecular formula is C12H11Cl2N3. The SMILES string of the molecule is Cc1cc(Cl)c2nc(Cl)nc(NC3CC3)c2c1. The Morgan fingerprint density at radius 3 is 2.71 bits per heavy atom. The number of aryl methyl sites for hydroxylation is 1. The van der Waals surface area contributed by atoms with Crippen LogP contribution >= 0.6 is 23.2 Å². The van der Waals surface area contributed by atoms with Gasteiger partial charge in [0.25, 0.3) is 0 Å². The van der Waals surface area contributed by atoms with Crippen molar-refractivity contribution >= 4 is 39.9 Å². The minimum atomic E-state index is 0.228. The molecular weight excluding hydrogens is 257 g/mol. The molecule has 0 amide bonds. The summed E-state index contributed by atoms with van der Waals surface area (Å²) in [5.74, 6) is 0.785. The van der Waals surface area contributed by atoms with Gasteiger partial charge in [-0.05, 0) is 49.1 Å². The van der Waals surface area contributed by atoms with E-state index in [4.69, 9.17) is 23.2 Å². The summed E-state index contributed by atoms with van der Waals surface area (Å²) in [7, 11) is 0. The third-order valence-electron chi connectivity index (χ3n) is 2.79. The number of nitrogens with zero attached hydrogens (tertiary/aromatic N) is 2. The second kappa shape index (κ2) is 4.00. The molecule has 5 heteroatoms. The molecule has 2 aromatic rings. The van der Waals surface area contributed by atoms with Crippen LogP contribution in [0, 0.1) is 6.92 Å². The number of benzene rings is 1. The van der Waals surface area contributed by atoms with Crippen molar-refractivity contribution in [2.75, 3.05) is 5.32 Å². The summed E-state index contributed by atoms with van der Waals surface area (Å²) in [6.45, 7) is 2.00. The van der Waals surface area contributed by atoms with Crippen LogP contribution in [-0.4, -0.2) is 16.0 Å². The van der Waals surface area contributed by atoms with Gasteiger partial charge in [0.15, 0.2) is 0 Å². The van der Waals surface area contributed by atoms with Crippen LogP contribution < -0.4 is 5.32 Å². The van der Waals surface area contributed by atoms with Crippen molar-refractivity contribution in [2.24, 2.45) is 0 Å². The highest BCUT2D eigenvalue weighted by atomic mass is 35.5. The van der Waals surface area contributed by atoms with Gasteiger partial charge in [-0.25, -0.2) is 9.97 Å². The van der Waals surface area contributed by atoms with E-state index in [9.17, 15) is 0 Å². The highest BCUT2D eigenvalue weighted by molar-refractivity contribution is 6.36. The molecule has 0 atom stereocenters. The Balaban J connectivity index is 2.24. The Bertz CT molecular complexity index is 594. The van der Waals surface area contributed by atoms with Gasteiger partial charge in [0, 0.05) is 11.4 Å². The van der Waals surface area contributed by atoms with Crippen molar-refractivity contribution in [1.82, 2.24) is 9.97 Å². The molecule has 1 saturated carbocycles. The van der Waals surface area contributed by atoms with Crippen LogP contribution in [0.25, 0.3) is 10.9 Å². The lowest BCUT2D eigenvalue weighted by molar-refractivity contribution is 1.10. The molecule has 17 heavy (non-hydrogen) atoms. The molecule has 1 fully saturated rings. The Labute approximate surface area is 109 Å². The number of aromatic nitrogens is 2. The molecule has 0 radical (unpaired) electrons.